The molecule has 7 heteroatoms. The maximum atomic E-state index is 10.7. The average Bonchev–Trinajstić information content (AvgIpc) is 2.85. The zero-order valence-electron chi connectivity index (χ0n) is 12.8. The van der Waals surface area contributed by atoms with Crippen LogP contribution in [-0.2, 0) is 19.4 Å². The molecule has 0 bridgehead atoms. The van der Waals surface area contributed by atoms with E-state index in [-0.39, 0.29) is 10.6 Å². The second kappa shape index (κ2) is 7.42. The molecular weight excluding hydrogens is 300 g/mol. The Morgan fingerprint density at radius 2 is 1.95 bits per heavy atom. The van der Waals surface area contributed by atoms with E-state index in [1.807, 2.05) is 4.68 Å². The fraction of sp³-hybridized carbons (Fsp3) is 0.400. The van der Waals surface area contributed by atoms with Gasteiger partial charge in [0.1, 0.15) is 0 Å². The molecule has 1 aromatic heterocycles. The molecule has 6 nitrogen and oxygen atoms in total. The Bertz CT molecular complexity index is 652. The highest BCUT2D eigenvalue weighted by atomic mass is 32.2. The minimum Gasteiger partial charge on any atom is -0.329 e. The van der Waals surface area contributed by atoms with Gasteiger partial charge in [-0.3, -0.25) is 14.8 Å². The first-order chi connectivity index (χ1) is 10.6. The number of aromatic nitrogens is 2. The number of nitrogens with two attached hydrogens (primary N) is 1. The third-order valence-electron chi connectivity index (χ3n) is 3.36. The summed E-state index contributed by atoms with van der Waals surface area (Å²) in [5, 5.41) is 15.4. The Morgan fingerprint density at radius 3 is 2.45 bits per heavy atom. The predicted octanol–water partition coefficient (Wildman–Crippen LogP) is 3.03. The molecule has 0 spiro atoms. The molecule has 0 aliphatic rings. The van der Waals surface area contributed by atoms with Crippen LogP contribution in [0.4, 0.5) is 5.69 Å². The van der Waals surface area contributed by atoms with E-state index in [4.69, 9.17) is 5.73 Å². The van der Waals surface area contributed by atoms with Crippen LogP contribution in [0.1, 0.15) is 25.2 Å². The third-order valence-corrected chi connectivity index (χ3v) is 4.54. The van der Waals surface area contributed by atoms with E-state index in [1.54, 1.807) is 23.9 Å². The number of nitrogens with zero attached hydrogens (tertiary/aromatic N) is 3. The minimum atomic E-state index is -0.386. The lowest BCUT2D eigenvalue weighted by Crippen LogP contribution is -2.13. The highest BCUT2D eigenvalue weighted by Crippen LogP contribution is 2.34. The van der Waals surface area contributed by atoms with E-state index in [2.05, 4.69) is 18.9 Å². The quantitative estimate of drug-likeness (QED) is 0.626. The summed E-state index contributed by atoms with van der Waals surface area (Å²) in [5.74, 6) is 0. The predicted molar refractivity (Wildman–Crippen MR) is 87.3 cm³/mol. The van der Waals surface area contributed by atoms with Crippen LogP contribution in [0, 0.1) is 10.1 Å². The molecule has 0 radical (unpaired) electrons. The largest absolute Gasteiger partial charge is 0.329 e. The maximum absolute atomic E-state index is 10.7. The maximum Gasteiger partial charge on any atom is 0.269 e. The van der Waals surface area contributed by atoms with Crippen LogP contribution in [0.15, 0.2) is 34.1 Å². The van der Waals surface area contributed by atoms with Crippen molar-refractivity contribution in [2.45, 2.75) is 43.0 Å². The van der Waals surface area contributed by atoms with Crippen LogP contribution >= 0.6 is 11.8 Å². The van der Waals surface area contributed by atoms with Crippen LogP contribution in [-0.4, -0.2) is 21.2 Å². The van der Waals surface area contributed by atoms with Crippen LogP contribution in [0.3, 0.4) is 0 Å². The normalized spacial score (nSPS) is 10.9. The molecule has 0 aliphatic heterocycles. The summed E-state index contributed by atoms with van der Waals surface area (Å²) in [5.41, 5.74) is 7.98. The van der Waals surface area contributed by atoms with Gasteiger partial charge in [-0.2, -0.15) is 5.10 Å². The second-order valence-corrected chi connectivity index (χ2v) is 5.88. The molecule has 118 valence electrons. The topological polar surface area (TPSA) is 87.0 Å². The molecular formula is C15H20N4O2S. The number of hydrogen-bond acceptors (Lipinski definition) is 5. The first-order valence-electron chi connectivity index (χ1n) is 7.31. The van der Waals surface area contributed by atoms with Crippen molar-refractivity contribution in [1.82, 2.24) is 9.78 Å². The van der Waals surface area contributed by atoms with E-state index in [0.29, 0.717) is 13.1 Å². The molecule has 0 amide bonds. The molecule has 2 N–H and O–H groups in total. The van der Waals surface area contributed by atoms with E-state index >= 15 is 0 Å². The molecule has 0 fully saturated rings. The van der Waals surface area contributed by atoms with Crippen LogP contribution in [0.5, 0.6) is 0 Å². The van der Waals surface area contributed by atoms with Crippen molar-refractivity contribution in [3.63, 3.8) is 0 Å². The Hall–Kier alpha value is -1.86. The van der Waals surface area contributed by atoms with Gasteiger partial charge < -0.3 is 5.73 Å². The van der Waals surface area contributed by atoms with Crippen molar-refractivity contribution >= 4 is 17.4 Å². The number of aryl methyl sites for hydroxylation is 1. The lowest BCUT2D eigenvalue weighted by molar-refractivity contribution is -0.384. The third kappa shape index (κ3) is 3.48. The molecule has 1 heterocycles. The van der Waals surface area contributed by atoms with Gasteiger partial charge in [-0.1, -0.05) is 25.6 Å². The van der Waals surface area contributed by atoms with Gasteiger partial charge in [0.15, 0.2) is 0 Å². The van der Waals surface area contributed by atoms with E-state index in [1.165, 1.54) is 17.8 Å². The van der Waals surface area contributed by atoms with Gasteiger partial charge in [-0.25, -0.2) is 0 Å². The Kier molecular flexibility index (Phi) is 5.57. The Morgan fingerprint density at radius 1 is 1.27 bits per heavy atom. The van der Waals surface area contributed by atoms with Gasteiger partial charge in [0.2, 0.25) is 0 Å². The van der Waals surface area contributed by atoms with E-state index < -0.39 is 0 Å². The second-order valence-electron chi connectivity index (χ2n) is 4.79. The average molecular weight is 320 g/mol. The summed E-state index contributed by atoms with van der Waals surface area (Å²) in [7, 11) is 0. The zero-order chi connectivity index (χ0) is 16.1. The van der Waals surface area contributed by atoms with Crippen molar-refractivity contribution in [2.75, 3.05) is 6.54 Å². The highest BCUT2D eigenvalue weighted by molar-refractivity contribution is 7.99. The number of non-ortho nitro benzene ring substituents is 1. The number of nitro benzene ring substituents is 1. The number of nitro groups is 1. The summed E-state index contributed by atoms with van der Waals surface area (Å²) in [4.78, 5) is 12.5. The van der Waals surface area contributed by atoms with E-state index in [0.717, 1.165) is 28.3 Å². The van der Waals surface area contributed by atoms with Gasteiger partial charge in [0.05, 0.1) is 27.8 Å². The highest BCUT2D eigenvalue weighted by Gasteiger charge is 2.16. The smallest absolute Gasteiger partial charge is 0.269 e. The number of hydrogen-bond donors (Lipinski definition) is 1. The lowest BCUT2D eigenvalue weighted by Gasteiger charge is -2.06. The fourth-order valence-electron chi connectivity index (χ4n) is 2.29. The molecule has 2 rings (SSSR count). The van der Waals surface area contributed by atoms with Crippen molar-refractivity contribution < 1.29 is 4.92 Å². The Balaban J connectivity index is 2.33. The standard InChI is InChI=1S/C15H20N4O2S/c1-3-13-15(14(4-2)18(17-13)10-9-16)22-12-7-5-11(6-8-12)19(20)21/h5-8H,3-4,9-10,16H2,1-2H3. The SMILES string of the molecule is CCc1nn(CCN)c(CC)c1Sc1ccc([N+](=O)[O-])cc1. The molecule has 2 aromatic rings. The summed E-state index contributed by atoms with van der Waals surface area (Å²) in [6, 6.07) is 6.62. The van der Waals surface area contributed by atoms with Crippen molar-refractivity contribution in [2.24, 2.45) is 5.73 Å². The first-order valence-corrected chi connectivity index (χ1v) is 8.13. The molecule has 0 atom stereocenters. The van der Waals surface area contributed by atoms with Gasteiger partial charge >= 0.3 is 0 Å². The number of benzene rings is 1. The molecule has 0 aliphatic carbocycles. The monoisotopic (exact) mass is 320 g/mol. The van der Waals surface area contributed by atoms with Gasteiger partial charge in [-0.05, 0) is 25.0 Å². The van der Waals surface area contributed by atoms with Crippen LogP contribution < -0.4 is 5.73 Å². The summed E-state index contributed by atoms with van der Waals surface area (Å²) < 4.78 is 1.98. The van der Waals surface area contributed by atoms with Crippen LogP contribution in [0.2, 0.25) is 0 Å². The zero-order valence-corrected chi connectivity index (χ0v) is 13.6. The molecule has 0 saturated heterocycles. The van der Waals surface area contributed by atoms with Crippen molar-refractivity contribution in [3.05, 3.63) is 45.8 Å². The van der Waals surface area contributed by atoms with Crippen molar-refractivity contribution in [3.8, 4) is 0 Å². The molecule has 0 unspecified atom stereocenters. The lowest BCUT2D eigenvalue weighted by atomic mass is 10.2. The van der Waals surface area contributed by atoms with Gasteiger partial charge in [-0.15, -0.1) is 0 Å². The van der Waals surface area contributed by atoms with Crippen molar-refractivity contribution in [1.29, 1.82) is 0 Å². The Labute approximate surface area is 133 Å². The first kappa shape index (κ1) is 16.5. The minimum absolute atomic E-state index is 0.106. The molecule has 0 saturated carbocycles. The van der Waals surface area contributed by atoms with Crippen LogP contribution in [0.25, 0.3) is 0 Å². The molecule has 1 aromatic carbocycles. The fourth-order valence-corrected chi connectivity index (χ4v) is 3.47. The summed E-state index contributed by atoms with van der Waals surface area (Å²) >= 11 is 1.61. The van der Waals surface area contributed by atoms with Gasteiger partial charge in [0, 0.05) is 23.6 Å². The molecule has 22 heavy (non-hydrogen) atoms. The van der Waals surface area contributed by atoms with E-state index in [9.17, 15) is 10.1 Å². The number of rotatable bonds is 7. The summed E-state index contributed by atoms with van der Waals surface area (Å²) in [6.45, 7) is 5.44. The summed E-state index contributed by atoms with van der Waals surface area (Å²) in [6.07, 6.45) is 1.72. The van der Waals surface area contributed by atoms with Gasteiger partial charge in [0.25, 0.3) is 5.69 Å².